The Morgan fingerprint density at radius 3 is 2.55 bits per heavy atom. The van der Waals surface area contributed by atoms with E-state index < -0.39 is 23.6 Å². The van der Waals surface area contributed by atoms with Gasteiger partial charge < -0.3 is 35.6 Å². The third kappa shape index (κ3) is 9.48. The fraction of sp³-hybridized carbons (Fsp3) is 0.273. The summed E-state index contributed by atoms with van der Waals surface area (Å²) in [5.41, 5.74) is 4.89. The maximum atomic E-state index is 13.6. The van der Waals surface area contributed by atoms with Crippen LogP contribution in [-0.4, -0.2) is 85.9 Å². The lowest BCUT2D eigenvalue weighted by molar-refractivity contribution is -0.137. The molecule has 6 rings (SSSR count). The van der Waals surface area contributed by atoms with Gasteiger partial charge in [-0.2, -0.15) is 28.2 Å². The Balaban J connectivity index is 1.000. The highest BCUT2D eigenvalue weighted by atomic mass is 19.4. The van der Waals surface area contributed by atoms with E-state index in [9.17, 15) is 22.8 Å². The van der Waals surface area contributed by atoms with Gasteiger partial charge in [0.05, 0.1) is 37.3 Å². The van der Waals surface area contributed by atoms with Crippen molar-refractivity contribution in [1.82, 2.24) is 50.7 Å². The molecule has 20 heteroatoms. The number of rotatable bonds is 15. The second-order valence-corrected chi connectivity index (χ2v) is 11.2. The summed E-state index contributed by atoms with van der Waals surface area (Å²) in [6.45, 7) is 1.66. The Morgan fingerprint density at radius 2 is 1.77 bits per heavy atom. The van der Waals surface area contributed by atoms with Gasteiger partial charge in [-0.3, -0.25) is 9.59 Å². The highest BCUT2D eigenvalue weighted by Crippen LogP contribution is 2.36. The zero-order chi connectivity index (χ0) is 37.2. The average Bonchev–Trinajstić information content (AvgIpc) is 3.82. The molecule has 1 aromatic carbocycles. The number of carbonyl (C=O) groups excluding carboxylic acids is 2. The molecule has 5 aromatic rings. The first-order valence-corrected chi connectivity index (χ1v) is 16.2. The second kappa shape index (κ2) is 16.7. The summed E-state index contributed by atoms with van der Waals surface area (Å²) >= 11 is 0. The van der Waals surface area contributed by atoms with E-state index in [2.05, 4.69) is 56.8 Å². The highest BCUT2D eigenvalue weighted by Gasteiger charge is 2.34. The van der Waals surface area contributed by atoms with E-state index in [4.69, 9.17) is 14.2 Å². The molecule has 276 valence electrons. The van der Waals surface area contributed by atoms with E-state index in [1.54, 1.807) is 7.05 Å². The number of imidazole rings is 1. The minimum atomic E-state index is -4.60. The zero-order valence-corrected chi connectivity index (χ0v) is 28.1. The van der Waals surface area contributed by atoms with Crippen molar-refractivity contribution in [3.63, 3.8) is 0 Å². The number of hydrogen-bond donors (Lipinski definition) is 5. The quantitative estimate of drug-likeness (QED) is 0.0597. The standard InChI is InChI=1S/C33H33F3N12O5/c1-37-46-24(29(49)42-26-10-14-40-32(45-26)53-20-11-16-51-19-20)17-38-12-4-15-52-31-39-13-9-27(44-31)43-30(50)25-18-41-28-8-7-23(47-48(25)28)21-5-2-3-6-22(21)33(34,35)36/h2-3,5-10,13-14,17-18,20,37-38,46H,4,11-12,15-16,19H2,1H3,(H,39,43,44,50)(H,40,42,45,49)/b24-17-/t20-/m0/s1. The van der Waals surface area contributed by atoms with Crippen LogP contribution in [0, 0.1) is 0 Å². The predicted octanol–water partition coefficient (Wildman–Crippen LogP) is 2.98. The summed E-state index contributed by atoms with van der Waals surface area (Å²) in [4.78, 5) is 46.8. The third-order valence-electron chi connectivity index (χ3n) is 7.46. The van der Waals surface area contributed by atoms with Crippen molar-refractivity contribution in [2.24, 2.45) is 0 Å². The van der Waals surface area contributed by atoms with Crippen LogP contribution in [0.15, 0.2) is 79.0 Å². The summed E-state index contributed by atoms with van der Waals surface area (Å²) < 4.78 is 58.7. The van der Waals surface area contributed by atoms with Crippen LogP contribution in [0.5, 0.6) is 12.0 Å². The van der Waals surface area contributed by atoms with E-state index in [0.29, 0.717) is 26.2 Å². The molecule has 1 aliphatic heterocycles. The number of aromatic nitrogens is 7. The number of hydrogen-bond acceptors (Lipinski definition) is 14. The van der Waals surface area contributed by atoms with Crippen LogP contribution in [0.3, 0.4) is 0 Å². The fourth-order valence-electron chi connectivity index (χ4n) is 5.00. The van der Waals surface area contributed by atoms with Crippen LogP contribution < -0.4 is 36.3 Å². The van der Waals surface area contributed by atoms with Gasteiger partial charge in [-0.1, -0.05) is 18.2 Å². The monoisotopic (exact) mass is 734 g/mol. The molecule has 1 fully saturated rings. The fourth-order valence-corrected chi connectivity index (χ4v) is 5.00. The Kier molecular flexibility index (Phi) is 11.5. The normalized spacial score (nSPS) is 14.5. The van der Waals surface area contributed by atoms with Crippen molar-refractivity contribution >= 4 is 29.1 Å². The number of nitrogens with one attached hydrogen (secondary N) is 5. The molecule has 53 heavy (non-hydrogen) atoms. The third-order valence-corrected chi connectivity index (χ3v) is 7.46. The van der Waals surface area contributed by atoms with Crippen molar-refractivity contribution in [3.8, 4) is 23.3 Å². The van der Waals surface area contributed by atoms with Gasteiger partial charge in [-0.15, -0.1) is 0 Å². The Morgan fingerprint density at radius 1 is 1.00 bits per heavy atom. The van der Waals surface area contributed by atoms with Crippen LogP contribution >= 0.6 is 0 Å². The number of hydrazine groups is 1. The molecule has 1 atom stereocenters. The number of nitrogens with zero attached hydrogens (tertiary/aromatic N) is 7. The molecule has 0 spiro atoms. The molecule has 5 N–H and O–H groups in total. The molecule has 5 heterocycles. The van der Waals surface area contributed by atoms with E-state index in [0.717, 1.165) is 17.0 Å². The molecular formula is C33H33F3N12O5. The van der Waals surface area contributed by atoms with Gasteiger partial charge in [0, 0.05) is 44.2 Å². The van der Waals surface area contributed by atoms with Gasteiger partial charge in [0.2, 0.25) is 0 Å². The van der Waals surface area contributed by atoms with Crippen LogP contribution in [-0.2, 0) is 15.7 Å². The summed E-state index contributed by atoms with van der Waals surface area (Å²) in [7, 11) is 1.61. The zero-order valence-electron chi connectivity index (χ0n) is 28.1. The van der Waals surface area contributed by atoms with Crippen LogP contribution in [0.4, 0.5) is 24.8 Å². The Labute approximate surface area is 299 Å². The number of amides is 2. The van der Waals surface area contributed by atoms with E-state index >= 15 is 0 Å². The van der Waals surface area contributed by atoms with Gasteiger partial charge in [0.25, 0.3) is 11.8 Å². The lowest BCUT2D eigenvalue weighted by Crippen LogP contribution is -2.35. The van der Waals surface area contributed by atoms with Crippen molar-refractivity contribution in [3.05, 3.63) is 90.3 Å². The lowest BCUT2D eigenvalue weighted by atomic mass is 10.0. The van der Waals surface area contributed by atoms with Gasteiger partial charge in [-0.05, 0) is 36.8 Å². The van der Waals surface area contributed by atoms with Crippen LogP contribution in [0.1, 0.15) is 28.9 Å². The minimum absolute atomic E-state index is 0.00812. The number of alkyl halides is 3. The molecule has 4 aromatic heterocycles. The molecule has 0 radical (unpaired) electrons. The minimum Gasteiger partial charge on any atom is -0.463 e. The van der Waals surface area contributed by atoms with Crippen molar-refractivity contribution in [2.75, 3.05) is 44.0 Å². The number of halogens is 3. The Bertz CT molecular complexity index is 2090. The number of benzene rings is 1. The molecule has 0 saturated carbocycles. The summed E-state index contributed by atoms with van der Waals surface area (Å²) in [6, 6.07) is 11.0. The SMILES string of the molecule is CNN/C(=C\NCCCOc1nccc(NC(=O)c2cnc3ccc(-c4ccccc4C(F)(F)F)nn23)n1)C(=O)Nc1ccnc(O[C@H]2CCOC2)n1. The largest absolute Gasteiger partial charge is 0.463 e. The molecule has 0 unspecified atom stereocenters. The number of ether oxygens (including phenoxy) is 3. The molecule has 2 amide bonds. The maximum absolute atomic E-state index is 13.6. The Hall–Kier alpha value is -6.41. The molecule has 17 nitrogen and oxygen atoms in total. The highest BCUT2D eigenvalue weighted by molar-refractivity contribution is 6.03. The first-order valence-electron chi connectivity index (χ1n) is 16.2. The topological polar surface area (TPSA) is 204 Å². The van der Waals surface area contributed by atoms with Gasteiger partial charge in [0.1, 0.15) is 23.4 Å². The number of carbonyl (C=O) groups is 2. The predicted molar refractivity (Wildman–Crippen MR) is 182 cm³/mol. The van der Waals surface area contributed by atoms with Crippen molar-refractivity contribution in [2.45, 2.75) is 25.1 Å². The van der Waals surface area contributed by atoms with Gasteiger partial charge in [0.15, 0.2) is 11.3 Å². The van der Waals surface area contributed by atoms with Crippen molar-refractivity contribution < 1.29 is 37.0 Å². The van der Waals surface area contributed by atoms with Crippen molar-refractivity contribution in [1.29, 1.82) is 0 Å². The van der Waals surface area contributed by atoms with E-state index in [-0.39, 0.29) is 64.7 Å². The van der Waals surface area contributed by atoms with Gasteiger partial charge in [-0.25, -0.2) is 24.9 Å². The van der Waals surface area contributed by atoms with E-state index in [1.807, 2.05) is 0 Å². The van der Waals surface area contributed by atoms with Crippen LogP contribution in [0.2, 0.25) is 0 Å². The lowest BCUT2D eigenvalue weighted by Gasteiger charge is -2.13. The summed E-state index contributed by atoms with van der Waals surface area (Å²) in [6.07, 6.45) is 2.09. The molecule has 0 aliphatic carbocycles. The van der Waals surface area contributed by atoms with Crippen LogP contribution in [0.25, 0.3) is 16.9 Å². The molecular weight excluding hydrogens is 701 g/mol. The number of anilines is 2. The first kappa shape index (κ1) is 36.4. The van der Waals surface area contributed by atoms with Gasteiger partial charge >= 0.3 is 18.2 Å². The summed E-state index contributed by atoms with van der Waals surface area (Å²) in [5.74, 6) is -0.770. The first-order chi connectivity index (χ1) is 25.7. The molecule has 1 aliphatic rings. The smallest absolute Gasteiger partial charge is 0.417 e. The molecule has 1 saturated heterocycles. The average molecular weight is 735 g/mol. The van der Waals surface area contributed by atoms with E-state index in [1.165, 1.54) is 67.3 Å². The molecule has 0 bridgehead atoms. The number of fused-ring (bicyclic) bond motifs is 1. The summed E-state index contributed by atoms with van der Waals surface area (Å²) in [5, 5.41) is 12.6. The second-order valence-electron chi connectivity index (χ2n) is 11.2. The maximum Gasteiger partial charge on any atom is 0.417 e.